The van der Waals surface area contributed by atoms with Gasteiger partial charge < -0.3 is 16.0 Å². The molecular weight excluding hydrogens is 388 g/mol. The zero-order valence-electron chi connectivity index (χ0n) is 15.1. The van der Waals surface area contributed by atoms with E-state index in [0.717, 1.165) is 5.56 Å². The van der Waals surface area contributed by atoms with E-state index < -0.39 is 0 Å². The molecule has 0 saturated heterocycles. The fourth-order valence-electron chi connectivity index (χ4n) is 3.14. The number of nitrogens with one attached hydrogen (secondary N) is 2. The summed E-state index contributed by atoms with van der Waals surface area (Å²) in [6, 6.07) is 14.7. The van der Waals surface area contributed by atoms with Crippen molar-refractivity contribution in [3.63, 3.8) is 0 Å². The molecule has 4 aromatic rings. The summed E-state index contributed by atoms with van der Waals surface area (Å²) in [6.45, 7) is 7.44. The number of pyridine rings is 1. The molecule has 0 bridgehead atoms. The summed E-state index contributed by atoms with van der Waals surface area (Å²) in [7, 11) is 0. The van der Waals surface area contributed by atoms with Crippen molar-refractivity contribution < 1.29 is 0 Å². The number of nitrogens with zero attached hydrogens (tertiary/aromatic N) is 3. The van der Waals surface area contributed by atoms with Gasteiger partial charge in [-0.1, -0.05) is 48.0 Å². The van der Waals surface area contributed by atoms with Gasteiger partial charge in [-0.15, -0.1) is 0 Å². The third-order valence-corrected chi connectivity index (χ3v) is 4.86. The molecular formula is C21H15ClN6O. The number of nitrogen functional groups attached to an aromatic ring is 1. The summed E-state index contributed by atoms with van der Waals surface area (Å²) >= 11 is 6.32. The number of anilines is 2. The van der Waals surface area contributed by atoms with Gasteiger partial charge in [-0.05, 0) is 17.7 Å². The third-order valence-electron chi connectivity index (χ3n) is 4.54. The maximum atomic E-state index is 13.3. The lowest BCUT2D eigenvalue weighted by atomic mass is 10.0. The van der Waals surface area contributed by atoms with Crippen LogP contribution < -0.4 is 16.5 Å². The van der Waals surface area contributed by atoms with Gasteiger partial charge in [0.25, 0.3) is 5.69 Å². The van der Waals surface area contributed by atoms with Crippen molar-refractivity contribution in [3.8, 4) is 11.3 Å². The number of halogens is 1. The Morgan fingerprint density at radius 1 is 1.14 bits per heavy atom. The van der Waals surface area contributed by atoms with Gasteiger partial charge in [-0.25, -0.2) is 14.8 Å². The van der Waals surface area contributed by atoms with Crippen LogP contribution in [0.25, 0.3) is 27.0 Å². The number of aromatic amines is 1. The first-order valence-corrected chi connectivity index (χ1v) is 9.08. The van der Waals surface area contributed by atoms with Gasteiger partial charge in [0, 0.05) is 17.5 Å². The molecule has 0 aliphatic heterocycles. The molecule has 2 aromatic carbocycles. The largest absolute Gasteiger partial charge is 0.392 e. The second-order valence-corrected chi connectivity index (χ2v) is 6.66. The van der Waals surface area contributed by atoms with E-state index in [1.807, 2.05) is 30.3 Å². The molecule has 2 heterocycles. The Bertz CT molecular complexity index is 1310. The first-order chi connectivity index (χ1) is 14.1. The summed E-state index contributed by atoms with van der Waals surface area (Å²) in [6.07, 6.45) is 1.27. The summed E-state index contributed by atoms with van der Waals surface area (Å²) in [5.41, 5.74) is 8.29. The Labute approximate surface area is 171 Å². The van der Waals surface area contributed by atoms with Crippen molar-refractivity contribution in [1.82, 2.24) is 15.0 Å². The van der Waals surface area contributed by atoms with Crippen LogP contribution in [0.3, 0.4) is 0 Å². The number of hydrogen-bond acceptors (Lipinski definition) is 5. The Hall–Kier alpha value is -3.89. The fraction of sp³-hybridized carbons (Fsp3) is 0.0476. The number of benzene rings is 2. The van der Waals surface area contributed by atoms with E-state index in [1.165, 1.54) is 6.33 Å². The van der Waals surface area contributed by atoms with Gasteiger partial charge in [0.1, 0.15) is 18.0 Å². The smallest absolute Gasteiger partial charge is 0.268 e. The molecule has 0 aliphatic rings. The third kappa shape index (κ3) is 3.37. The number of para-hydroxylation sites is 1. The Morgan fingerprint density at radius 3 is 2.69 bits per heavy atom. The molecule has 7 nitrogen and oxygen atoms in total. The van der Waals surface area contributed by atoms with Gasteiger partial charge in [0.05, 0.1) is 22.8 Å². The van der Waals surface area contributed by atoms with E-state index in [0.29, 0.717) is 27.2 Å². The molecule has 142 valence electrons. The van der Waals surface area contributed by atoms with Crippen molar-refractivity contribution in [3.05, 3.63) is 87.1 Å². The van der Waals surface area contributed by atoms with Gasteiger partial charge in [-0.2, -0.15) is 0 Å². The van der Waals surface area contributed by atoms with Crippen LogP contribution >= 0.6 is 11.6 Å². The molecule has 4 rings (SSSR count). The highest BCUT2D eigenvalue weighted by Gasteiger charge is 2.16. The lowest BCUT2D eigenvalue weighted by molar-refractivity contribution is 1.07. The van der Waals surface area contributed by atoms with E-state index in [2.05, 4.69) is 25.1 Å². The van der Waals surface area contributed by atoms with E-state index >= 15 is 0 Å². The highest BCUT2D eigenvalue weighted by molar-refractivity contribution is 6.35. The minimum absolute atomic E-state index is 0.0833. The van der Waals surface area contributed by atoms with Crippen LogP contribution in [0.4, 0.5) is 17.3 Å². The topological polar surface area (TPSA) is 101 Å². The Kier molecular flexibility index (Phi) is 4.85. The van der Waals surface area contributed by atoms with Crippen molar-refractivity contribution in [2.45, 2.75) is 6.54 Å². The predicted octanol–water partition coefficient (Wildman–Crippen LogP) is 4.38. The summed E-state index contributed by atoms with van der Waals surface area (Å²) in [5, 5.41) is 4.01. The van der Waals surface area contributed by atoms with E-state index in [1.54, 1.807) is 18.2 Å². The number of fused-ring (bicyclic) bond motifs is 1. The van der Waals surface area contributed by atoms with Gasteiger partial charge in [0.15, 0.2) is 5.43 Å². The van der Waals surface area contributed by atoms with Gasteiger partial charge >= 0.3 is 0 Å². The normalized spacial score (nSPS) is 10.6. The molecule has 8 heteroatoms. The molecule has 0 saturated carbocycles. The van der Waals surface area contributed by atoms with Crippen LogP contribution in [0.5, 0.6) is 0 Å². The Balaban J connectivity index is 1.87. The van der Waals surface area contributed by atoms with E-state index in [4.69, 9.17) is 23.9 Å². The number of hydrogen-bond donors (Lipinski definition) is 3. The van der Waals surface area contributed by atoms with Crippen molar-refractivity contribution in [2.75, 3.05) is 11.1 Å². The van der Waals surface area contributed by atoms with E-state index in [9.17, 15) is 4.79 Å². The summed E-state index contributed by atoms with van der Waals surface area (Å²) in [5.74, 6) is 0.358. The molecule has 0 spiro atoms. The quantitative estimate of drug-likeness (QED) is 0.439. The Morgan fingerprint density at radius 2 is 1.93 bits per heavy atom. The van der Waals surface area contributed by atoms with Gasteiger partial charge in [0.2, 0.25) is 0 Å². The molecule has 2 aromatic heterocycles. The lowest BCUT2D eigenvalue weighted by Crippen LogP contribution is -2.17. The maximum absolute atomic E-state index is 13.3. The average molecular weight is 403 g/mol. The molecule has 0 radical (unpaired) electrons. The van der Waals surface area contributed by atoms with Crippen LogP contribution in [0.2, 0.25) is 5.02 Å². The second-order valence-electron chi connectivity index (χ2n) is 6.26. The molecule has 29 heavy (non-hydrogen) atoms. The van der Waals surface area contributed by atoms with Crippen LogP contribution in [-0.2, 0) is 6.54 Å². The molecule has 4 N–H and O–H groups in total. The summed E-state index contributed by atoms with van der Waals surface area (Å²) < 4.78 is 0. The summed E-state index contributed by atoms with van der Waals surface area (Å²) in [4.78, 5) is 27.9. The van der Waals surface area contributed by atoms with Crippen molar-refractivity contribution in [1.29, 1.82) is 0 Å². The molecule has 0 unspecified atom stereocenters. The lowest BCUT2D eigenvalue weighted by Gasteiger charge is -2.14. The molecule has 0 amide bonds. The maximum Gasteiger partial charge on any atom is 0.268 e. The predicted molar refractivity (Wildman–Crippen MR) is 115 cm³/mol. The van der Waals surface area contributed by atoms with Crippen LogP contribution in [0.15, 0.2) is 59.7 Å². The molecule has 0 aliphatic carbocycles. The number of nitrogens with two attached hydrogens (primary N) is 1. The molecule has 0 atom stereocenters. The zero-order valence-corrected chi connectivity index (χ0v) is 15.9. The number of rotatable bonds is 4. The monoisotopic (exact) mass is 402 g/mol. The zero-order chi connectivity index (χ0) is 20.4. The van der Waals surface area contributed by atoms with E-state index in [-0.39, 0.29) is 29.3 Å². The van der Waals surface area contributed by atoms with Crippen LogP contribution in [0.1, 0.15) is 5.56 Å². The highest BCUT2D eigenvalue weighted by Crippen LogP contribution is 2.29. The minimum atomic E-state index is -0.154. The highest BCUT2D eigenvalue weighted by atomic mass is 35.5. The second kappa shape index (κ2) is 7.62. The van der Waals surface area contributed by atoms with Crippen molar-refractivity contribution >= 4 is 39.8 Å². The van der Waals surface area contributed by atoms with Crippen molar-refractivity contribution in [2.24, 2.45) is 0 Å². The first-order valence-electron chi connectivity index (χ1n) is 8.70. The minimum Gasteiger partial charge on any atom is -0.392 e. The van der Waals surface area contributed by atoms with Gasteiger partial charge in [-0.3, -0.25) is 4.79 Å². The average Bonchev–Trinajstić information content (AvgIpc) is 2.74. The number of aromatic nitrogens is 3. The first kappa shape index (κ1) is 18.5. The van der Waals surface area contributed by atoms with Crippen LogP contribution in [0, 0.1) is 6.57 Å². The van der Waals surface area contributed by atoms with Crippen LogP contribution in [-0.4, -0.2) is 15.0 Å². The molecule has 0 fully saturated rings. The standard InChI is InChI=1S/C21H15ClN6O/c1-24-18-20(23)26-11-27-21(18)25-10-14-16(12-6-3-2-4-7-12)28-17-13(19(14)29)8-5-9-15(17)22/h2-9,11H,10H2,(H,28,29)(H3,23,25,26,27). The SMILES string of the molecule is [C-]#[N+]c1c(N)ncnc1NCc1c(-c2ccccc2)[nH]c2c(Cl)cccc2c1=O. The number of H-pyrrole nitrogens is 1. The fourth-order valence-corrected chi connectivity index (χ4v) is 3.36.